The van der Waals surface area contributed by atoms with Gasteiger partial charge < -0.3 is 10.2 Å². The van der Waals surface area contributed by atoms with Crippen LogP contribution in [-0.2, 0) is 25.7 Å². The molecule has 0 fully saturated rings. The average Bonchev–Trinajstić information content (AvgIpc) is 2.84. The number of nitrogens with one attached hydrogen (secondary N) is 1. The van der Waals surface area contributed by atoms with Crippen molar-refractivity contribution in [1.29, 1.82) is 0 Å². The molecule has 0 atom stereocenters. The normalized spacial score (nSPS) is 10.8. The summed E-state index contributed by atoms with van der Waals surface area (Å²) in [5, 5.41) is 22.2. The molecule has 3 N–H and O–H groups in total. The van der Waals surface area contributed by atoms with Gasteiger partial charge in [-0.1, -0.05) is 48.5 Å². The second-order valence-electron chi connectivity index (χ2n) is 9.30. The number of aromatic hydroxyl groups is 2. The molecule has 4 heteroatoms. The molecule has 4 aromatic carbocycles. The molecule has 0 saturated heterocycles. The Morgan fingerprint density at radius 2 is 1.06 bits per heavy atom. The Labute approximate surface area is 208 Å². The lowest BCUT2D eigenvalue weighted by atomic mass is 10.0. The van der Waals surface area contributed by atoms with E-state index in [-0.39, 0.29) is 0 Å². The van der Waals surface area contributed by atoms with E-state index in [0.29, 0.717) is 11.5 Å². The molecule has 0 aliphatic carbocycles. The van der Waals surface area contributed by atoms with Gasteiger partial charge in [-0.25, -0.2) is 0 Å². The molecule has 180 valence electrons. The average molecular weight is 467 g/mol. The molecule has 4 nitrogen and oxygen atoms in total. The minimum atomic E-state index is 0.379. The number of aryl methyl sites for hydroxylation is 6. The molecule has 4 rings (SSSR count). The first-order valence-electron chi connectivity index (χ1n) is 12.1. The zero-order chi connectivity index (χ0) is 24.8. The van der Waals surface area contributed by atoms with Crippen LogP contribution in [0.25, 0.3) is 0 Å². The summed E-state index contributed by atoms with van der Waals surface area (Å²) >= 11 is 0. The molecule has 0 amide bonds. The highest BCUT2D eigenvalue weighted by Crippen LogP contribution is 2.23. The first-order valence-corrected chi connectivity index (χ1v) is 12.1. The maximum Gasteiger partial charge on any atom is 0.119 e. The summed E-state index contributed by atoms with van der Waals surface area (Å²) < 4.78 is 0. The highest BCUT2D eigenvalue weighted by molar-refractivity contribution is 5.55. The topological polar surface area (TPSA) is 55.7 Å². The molecular weight excluding hydrogens is 432 g/mol. The van der Waals surface area contributed by atoms with E-state index >= 15 is 0 Å². The second-order valence-corrected chi connectivity index (χ2v) is 9.30. The third-order valence-corrected chi connectivity index (χ3v) is 6.42. The van der Waals surface area contributed by atoms with Crippen molar-refractivity contribution in [2.24, 2.45) is 0 Å². The maximum absolute atomic E-state index is 10.1. The van der Waals surface area contributed by atoms with E-state index in [0.717, 1.165) is 59.3 Å². The number of hydrazine groups is 1. The summed E-state index contributed by atoms with van der Waals surface area (Å²) in [5.74, 6) is 0.758. The van der Waals surface area contributed by atoms with Gasteiger partial charge in [-0.3, -0.25) is 10.4 Å². The first-order chi connectivity index (χ1) is 16.9. The van der Waals surface area contributed by atoms with Crippen LogP contribution >= 0.6 is 0 Å². The predicted octanol–water partition coefficient (Wildman–Crippen LogP) is 6.75. The number of phenolic OH excluding ortho intramolecular Hbond substituents is 2. The van der Waals surface area contributed by atoms with Crippen molar-refractivity contribution in [3.8, 4) is 11.5 Å². The van der Waals surface area contributed by atoms with E-state index in [1.807, 2.05) is 62.3 Å². The van der Waals surface area contributed by atoms with Crippen molar-refractivity contribution in [2.45, 2.75) is 39.5 Å². The lowest BCUT2D eigenvalue weighted by molar-refractivity contribution is 0.467. The molecule has 0 bridgehead atoms. The van der Waals surface area contributed by atoms with Crippen molar-refractivity contribution in [3.05, 3.63) is 118 Å². The molecule has 0 heterocycles. The minimum absolute atomic E-state index is 0.379. The highest BCUT2D eigenvalue weighted by Gasteiger charge is 2.06. The third kappa shape index (κ3) is 6.57. The van der Waals surface area contributed by atoms with Gasteiger partial charge in [0.15, 0.2) is 0 Å². The van der Waals surface area contributed by atoms with Crippen molar-refractivity contribution in [2.75, 3.05) is 17.5 Å². The Morgan fingerprint density at radius 1 is 0.600 bits per heavy atom. The van der Waals surface area contributed by atoms with E-state index in [1.54, 1.807) is 0 Å². The van der Waals surface area contributed by atoms with E-state index in [1.165, 1.54) is 11.1 Å². The quantitative estimate of drug-likeness (QED) is 0.239. The Kier molecular flexibility index (Phi) is 7.61. The molecule has 0 aliphatic rings. The molecule has 0 spiro atoms. The number of phenols is 2. The molecule has 35 heavy (non-hydrogen) atoms. The van der Waals surface area contributed by atoms with Gasteiger partial charge in [0.05, 0.1) is 11.4 Å². The van der Waals surface area contributed by atoms with Gasteiger partial charge in [0, 0.05) is 7.05 Å². The van der Waals surface area contributed by atoms with Crippen LogP contribution in [0.4, 0.5) is 11.4 Å². The van der Waals surface area contributed by atoms with Crippen LogP contribution in [-0.4, -0.2) is 17.3 Å². The van der Waals surface area contributed by atoms with Crippen LogP contribution in [0.2, 0.25) is 0 Å². The Morgan fingerprint density at radius 3 is 1.51 bits per heavy atom. The molecule has 0 saturated carbocycles. The fraction of sp³-hybridized carbons (Fsp3) is 0.226. The van der Waals surface area contributed by atoms with Gasteiger partial charge in [-0.15, -0.1) is 0 Å². The fourth-order valence-electron chi connectivity index (χ4n) is 4.22. The van der Waals surface area contributed by atoms with Crippen molar-refractivity contribution in [1.82, 2.24) is 0 Å². The van der Waals surface area contributed by atoms with E-state index in [9.17, 15) is 10.2 Å². The smallest absolute Gasteiger partial charge is 0.119 e. The number of nitrogens with zero attached hydrogens (tertiary/aromatic N) is 1. The monoisotopic (exact) mass is 466 g/mol. The maximum atomic E-state index is 10.1. The van der Waals surface area contributed by atoms with Crippen molar-refractivity contribution in [3.63, 3.8) is 0 Å². The number of hydrogen-bond acceptors (Lipinski definition) is 4. The molecule has 0 aromatic heterocycles. The van der Waals surface area contributed by atoms with Crippen LogP contribution in [0.3, 0.4) is 0 Å². The zero-order valence-corrected chi connectivity index (χ0v) is 20.8. The number of anilines is 2. The van der Waals surface area contributed by atoms with Crippen LogP contribution in [0.5, 0.6) is 11.5 Å². The van der Waals surface area contributed by atoms with E-state index in [4.69, 9.17) is 0 Å². The van der Waals surface area contributed by atoms with Crippen LogP contribution in [0.1, 0.15) is 33.4 Å². The first kappa shape index (κ1) is 24.2. The van der Waals surface area contributed by atoms with E-state index in [2.05, 4.69) is 54.0 Å². The predicted molar refractivity (Wildman–Crippen MR) is 145 cm³/mol. The Balaban J connectivity index is 1.29. The number of hydrogen-bond donors (Lipinski definition) is 3. The molecule has 0 aliphatic heterocycles. The summed E-state index contributed by atoms with van der Waals surface area (Å²) in [5.41, 5.74) is 12.1. The van der Waals surface area contributed by atoms with Crippen molar-refractivity contribution >= 4 is 11.4 Å². The SMILES string of the molecule is Cc1ccc(CCc2ccc(NN(C)c3ccc(CCc4ccc(C)cc4O)cc3)cc2)c(O)c1. The van der Waals surface area contributed by atoms with E-state index < -0.39 is 0 Å². The standard InChI is InChI=1S/C31H34N2O2/c1-22-4-12-26(30(34)20-22)14-6-24-8-16-28(17-9-24)32-33(3)29-18-10-25(11-19-29)7-15-27-13-5-23(2)21-31(27)35/h4-5,8-13,16-21,32,34-35H,6-7,14-15H2,1-3H3. The summed E-state index contributed by atoms with van der Waals surface area (Å²) in [7, 11) is 2.01. The zero-order valence-electron chi connectivity index (χ0n) is 20.8. The van der Waals surface area contributed by atoms with Gasteiger partial charge in [0.25, 0.3) is 0 Å². The summed E-state index contributed by atoms with van der Waals surface area (Å²) in [6.07, 6.45) is 3.40. The summed E-state index contributed by atoms with van der Waals surface area (Å²) in [6.45, 7) is 3.97. The molecule has 4 aromatic rings. The number of benzene rings is 4. The van der Waals surface area contributed by atoms with Crippen molar-refractivity contribution < 1.29 is 10.2 Å². The van der Waals surface area contributed by atoms with Crippen LogP contribution in [0, 0.1) is 13.8 Å². The van der Waals surface area contributed by atoms with Crippen LogP contribution < -0.4 is 10.4 Å². The largest absolute Gasteiger partial charge is 0.508 e. The highest BCUT2D eigenvalue weighted by atomic mass is 16.3. The minimum Gasteiger partial charge on any atom is -0.508 e. The third-order valence-electron chi connectivity index (χ3n) is 6.42. The molecular formula is C31H34N2O2. The summed E-state index contributed by atoms with van der Waals surface area (Å²) in [6, 6.07) is 28.7. The summed E-state index contributed by atoms with van der Waals surface area (Å²) in [4.78, 5) is 0. The Hall–Kier alpha value is -3.92. The van der Waals surface area contributed by atoms with Gasteiger partial charge >= 0.3 is 0 Å². The fourth-order valence-corrected chi connectivity index (χ4v) is 4.22. The Bertz CT molecular complexity index is 1260. The van der Waals surface area contributed by atoms with Gasteiger partial charge in [-0.05, 0) is 109 Å². The van der Waals surface area contributed by atoms with Crippen LogP contribution in [0.15, 0.2) is 84.9 Å². The second kappa shape index (κ2) is 11.0. The number of rotatable bonds is 9. The van der Waals surface area contributed by atoms with Gasteiger partial charge in [0.2, 0.25) is 0 Å². The van der Waals surface area contributed by atoms with Gasteiger partial charge in [-0.2, -0.15) is 0 Å². The molecule has 0 radical (unpaired) electrons. The lowest BCUT2D eigenvalue weighted by Gasteiger charge is -2.22. The van der Waals surface area contributed by atoms with Gasteiger partial charge in [0.1, 0.15) is 11.5 Å². The lowest BCUT2D eigenvalue weighted by Crippen LogP contribution is -2.24. The molecule has 0 unspecified atom stereocenters.